The summed E-state index contributed by atoms with van der Waals surface area (Å²) >= 11 is 9.51. The number of hydrogen-bond acceptors (Lipinski definition) is 3. The molecule has 5 nitrogen and oxygen atoms in total. The van der Waals surface area contributed by atoms with Crippen LogP contribution in [0.15, 0.2) is 29.3 Å². The van der Waals surface area contributed by atoms with Crippen LogP contribution in [0, 0.1) is 0 Å². The molecule has 3 rings (SSSR count). The average molecular weight is 313 g/mol. The van der Waals surface area contributed by atoms with E-state index >= 15 is 0 Å². The van der Waals surface area contributed by atoms with Crippen molar-refractivity contribution < 1.29 is 0 Å². The van der Waals surface area contributed by atoms with Gasteiger partial charge in [-0.15, -0.1) is 0 Å². The largest absolute Gasteiger partial charge is 0.275 e. The third-order valence-electron chi connectivity index (χ3n) is 2.42. The molecule has 0 atom stereocenters. The second-order valence-corrected chi connectivity index (χ2v) is 4.77. The zero-order valence-corrected chi connectivity index (χ0v) is 11.1. The number of imidazole rings is 1. The van der Waals surface area contributed by atoms with Crippen LogP contribution >= 0.6 is 27.5 Å². The molecule has 0 fully saturated rings. The third kappa shape index (κ3) is 1.73. The molecule has 0 amide bonds. The SMILES string of the molecule is Cn1cc(-c2cc3ncc(Br)n3nc2Cl)cn1. The lowest BCUT2D eigenvalue weighted by Crippen LogP contribution is -1.94. The van der Waals surface area contributed by atoms with E-state index in [2.05, 4.69) is 31.1 Å². The Morgan fingerprint density at radius 3 is 2.88 bits per heavy atom. The van der Waals surface area contributed by atoms with Gasteiger partial charge in [-0.2, -0.15) is 10.2 Å². The van der Waals surface area contributed by atoms with Crippen molar-refractivity contribution in [3.63, 3.8) is 0 Å². The Hall–Kier alpha value is -1.40. The Bertz CT molecular complexity index is 702. The average Bonchev–Trinajstić information content (AvgIpc) is 2.86. The van der Waals surface area contributed by atoms with Crippen molar-refractivity contribution in [2.24, 2.45) is 7.05 Å². The summed E-state index contributed by atoms with van der Waals surface area (Å²) in [5.74, 6) is 0. The molecular weight excluding hydrogens is 306 g/mol. The van der Waals surface area contributed by atoms with Gasteiger partial charge in [-0.3, -0.25) is 4.68 Å². The van der Waals surface area contributed by atoms with Gasteiger partial charge in [-0.05, 0) is 22.0 Å². The molecule has 0 aromatic carbocycles. The van der Waals surface area contributed by atoms with Crippen LogP contribution in [-0.4, -0.2) is 24.4 Å². The first-order chi connectivity index (χ1) is 8.15. The van der Waals surface area contributed by atoms with Crippen LogP contribution < -0.4 is 0 Å². The Labute approximate surface area is 110 Å². The standard InChI is InChI=1S/C10H7BrClN5/c1-16-5-6(3-14-16)7-2-9-13-4-8(11)17(9)15-10(7)12/h2-5H,1H3. The third-order valence-corrected chi connectivity index (χ3v) is 3.24. The van der Waals surface area contributed by atoms with Gasteiger partial charge in [-0.25, -0.2) is 9.50 Å². The number of aryl methyl sites for hydroxylation is 1. The fraction of sp³-hybridized carbons (Fsp3) is 0.100. The lowest BCUT2D eigenvalue weighted by molar-refractivity contribution is 0.768. The maximum absolute atomic E-state index is 6.16. The van der Waals surface area contributed by atoms with Crippen molar-refractivity contribution in [1.82, 2.24) is 24.4 Å². The number of halogens is 2. The molecule has 3 aromatic heterocycles. The second kappa shape index (κ2) is 3.82. The first-order valence-corrected chi connectivity index (χ1v) is 6.01. The highest BCUT2D eigenvalue weighted by molar-refractivity contribution is 9.10. The number of rotatable bonds is 1. The van der Waals surface area contributed by atoms with E-state index in [9.17, 15) is 0 Å². The summed E-state index contributed by atoms with van der Waals surface area (Å²) in [6.07, 6.45) is 5.32. The van der Waals surface area contributed by atoms with Crippen molar-refractivity contribution in [3.05, 3.63) is 34.4 Å². The van der Waals surface area contributed by atoms with Gasteiger partial charge in [0, 0.05) is 24.4 Å². The normalized spacial score (nSPS) is 11.2. The zero-order valence-electron chi connectivity index (χ0n) is 8.80. The smallest absolute Gasteiger partial charge is 0.158 e. The maximum Gasteiger partial charge on any atom is 0.158 e. The molecule has 0 unspecified atom stereocenters. The Morgan fingerprint density at radius 1 is 1.35 bits per heavy atom. The van der Waals surface area contributed by atoms with Crippen LogP contribution in [0.1, 0.15) is 0 Å². The van der Waals surface area contributed by atoms with Gasteiger partial charge < -0.3 is 0 Å². The van der Waals surface area contributed by atoms with Crippen LogP contribution in [0.4, 0.5) is 0 Å². The van der Waals surface area contributed by atoms with E-state index in [0.717, 1.165) is 21.4 Å². The molecule has 0 aliphatic rings. The van der Waals surface area contributed by atoms with Gasteiger partial charge in [0.15, 0.2) is 10.8 Å². The molecule has 0 spiro atoms. The van der Waals surface area contributed by atoms with Gasteiger partial charge in [0.25, 0.3) is 0 Å². The van der Waals surface area contributed by atoms with Crippen LogP contribution in [0.25, 0.3) is 16.8 Å². The molecule has 0 radical (unpaired) electrons. The molecule has 3 aromatic rings. The summed E-state index contributed by atoms with van der Waals surface area (Å²) in [6.45, 7) is 0. The fourth-order valence-corrected chi connectivity index (χ4v) is 2.23. The van der Waals surface area contributed by atoms with E-state index < -0.39 is 0 Å². The van der Waals surface area contributed by atoms with Crippen LogP contribution in [0.3, 0.4) is 0 Å². The van der Waals surface area contributed by atoms with Crippen LogP contribution in [-0.2, 0) is 7.05 Å². The van der Waals surface area contributed by atoms with Gasteiger partial charge in [0.1, 0.15) is 4.60 Å². The molecule has 17 heavy (non-hydrogen) atoms. The van der Waals surface area contributed by atoms with E-state index in [1.54, 1.807) is 21.6 Å². The molecule has 0 aliphatic heterocycles. The topological polar surface area (TPSA) is 48.0 Å². The first kappa shape index (κ1) is 10.7. The minimum absolute atomic E-state index is 0.421. The predicted molar refractivity (Wildman–Crippen MR) is 67.9 cm³/mol. The van der Waals surface area contributed by atoms with Crippen molar-refractivity contribution in [3.8, 4) is 11.1 Å². The highest BCUT2D eigenvalue weighted by Gasteiger charge is 2.11. The minimum atomic E-state index is 0.421. The molecule has 0 saturated heterocycles. The summed E-state index contributed by atoms with van der Waals surface area (Å²) in [5, 5.41) is 8.79. The number of fused-ring (bicyclic) bond motifs is 1. The number of aromatic nitrogens is 5. The van der Waals surface area contributed by atoms with Crippen LogP contribution in [0.5, 0.6) is 0 Å². The lowest BCUT2D eigenvalue weighted by Gasteiger charge is -2.01. The molecule has 7 heteroatoms. The summed E-state index contributed by atoms with van der Waals surface area (Å²) in [5.41, 5.74) is 2.48. The van der Waals surface area contributed by atoms with E-state index in [1.807, 2.05) is 19.3 Å². The number of nitrogens with zero attached hydrogens (tertiary/aromatic N) is 5. The Balaban J connectivity index is 2.26. The van der Waals surface area contributed by atoms with E-state index in [-0.39, 0.29) is 0 Å². The Morgan fingerprint density at radius 2 is 2.18 bits per heavy atom. The van der Waals surface area contributed by atoms with E-state index in [4.69, 9.17) is 11.6 Å². The highest BCUT2D eigenvalue weighted by atomic mass is 79.9. The van der Waals surface area contributed by atoms with Gasteiger partial charge in [0.05, 0.1) is 12.4 Å². The maximum atomic E-state index is 6.16. The van der Waals surface area contributed by atoms with Crippen LogP contribution in [0.2, 0.25) is 5.15 Å². The van der Waals surface area contributed by atoms with E-state index in [0.29, 0.717) is 5.15 Å². The monoisotopic (exact) mass is 311 g/mol. The molecule has 3 heterocycles. The summed E-state index contributed by atoms with van der Waals surface area (Å²) in [7, 11) is 1.86. The molecule has 0 bridgehead atoms. The molecule has 0 aliphatic carbocycles. The predicted octanol–water partition coefficient (Wildman–Crippen LogP) is 2.55. The van der Waals surface area contributed by atoms with Crippen molar-refractivity contribution >= 4 is 33.2 Å². The summed E-state index contributed by atoms with van der Waals surface area (Å²) in [6, 6.07) is 1.89. The molecular formula is C10H7BrClN5. The van der Waals surface area contributed by atoms with Crippen molar-refractivity contribution in [2.75, 3.05) is 0 Å². The van der Waals surface area contributed by atoms with Crippen molar-refractivity contribution in [2.45, 2.75) is 0 Å². The van der Waals surface area contributed by atoms with E-state index in [1.165, 1.54) is 0 Å². The van der Waals surface area contributed by atoms with Crippen molar-refractivity contribution in [1.29, 1.82) is 0 Å². The highest BCUT2D eigenvalue weighted by Crippen LogP contribution is 2.27. The molecule has 86 valence electrons. The zero-order chi connectivity index (χ0) is 12.0. The minimum Gasteiger partial charge on any atom is -0.275 e. The number of hydrogen-bond donors (Lipinski definition) is 0. The molecule has 0 N–H and O–H groups in total. The quantitative estimate of drug-likeness (QED) is 0.694. The lowest BCUT2D eigenvalue weighted by atomic mass is 10.2. The van der Waals surface area contributed by atoms with Gasteiger partial charge in [0.2, 0.25) is 0 Å². The summed E-state index contributed by atoms with van der Waals surface area (Å²) in [4.78, 5) is 4.22. The molecule has 0 saturated carbocycles. The Kier molecular flexibility index (Phi) is 2.41. The second-order valence-electron chi connectivity index (χ2n) is 3.60. The summed E-state index contributed by atoms with van der Waals surface area (Å²) < 4.78 is 4.13. The first-order valence-electron chi connectivity index (χ1n) is 4.84. The van der Waals surface area contributed by atoms with Gasteiger partial charge in [-0.1, -0.05) is 11.6 Å². The fourth-order valence-electron chi connectivity index (χ4n) is 1.63. The van der Waals surface area contributed by atoms with Gasteiger partial charge >= 0.3 is 0 Å².